The molecule has 3 N–H and O–H groups in total. The minimum absolute atomic E-state index is 0.106. The zero-order valence-corrected chi connectivity index (χ0v) is 17.3. The Bertz CT molecular complexity index is 850. The molecule has 0 fully saturated rings. The van der Waals surface area contributed by atoms with Crippen LogP contribution in [-0.4, -0.2) is 24.4 Å². The zero-order chi connectivity index (χ0) is 19.7. The highest BCUT2D eigenvalue weighted by molar-refractivity contribution is 7.93. The van der Waals surface area contributed by atoms with Gasteiger partial charge in [0.05, 0.1) is 4.90 Å². The number of anilines is 2. The minimum atomic E-state index is -3.70. The Morgan fingerprint density at radius 2 is 1.93 bits per heavy atom. The molecule has 0 saturated heterocycles. The van der Waals surface area contributed by atoms with Crippen molar-refractivity contribution in [2.75, 3.05) is 10.0 Å². The van der Waals surface area contributed by atoms with Crippen LogP contribution in [0.2, 0.25) is 0 Å². The van der Waals surface area contributed by atoms with Gasteiger partial charge in [0.15, 0.2) is 10.2 Å². The summed E-state index contributed by atoms with van der Waals surface area (Å²) < 4.78 is 27.0. The maximum atomic E-state index is 12.3. The number of aromatic nitrogens is 1. The maximum Gasteiger partial charge on any atom is 0.263 e. The van der Waals surface area contributed by atoms with Gasteiger partial charge in [-0.1, -0.05) is 26.2 Å². The summed E-state index contributed by atoms with van der Waals surface area (Å²) in [6, 6.07) is 6.06. The maximum absolute atomic E-state index is 12.3. The number of amides is 1. The highest BCUT2D eigenvalue weighted by Crippen LogP contribution is 2.19. The van der Waals surface area contributed by atoms with Crippen molar-refractivity contribution in [2.45, 2.75) is 43.9 Å². The minimum Gasteiger partial charge on any atom is -0.332 e. The fraction of sp³-hybridized carbons (Fsp3) is 0.353. The highest BCUT2D eigenvalue weighted by Gasteiger charge is 2.15. The molecule has 2 rings (SSSR count). The van der Waals surface area contributed by atoms with Gasteiger partial charge < -0.3 is 10.6 Å². The van der Waals surface area contributed by atoms with Gasteiger partial charge >= 0.3 is 0 Å². The average Bonchev–Trinajstić information content (AvgIpc) is 3.11. The molecular weight excluding hydrogens is 404 g/mol. The van der Waals surface area contributed by atoms with Crippen molar-refractivity contribution >= 4 is 55.4 Å². The Morgan fingerprint density at radius 1 is 1.19 bits per heavy atom. The van der Waals surface area contributed by atoms with E-state index in [2.05, 4.69) is 27.3 Å². The molecule has 0 atom stereocenters. The third-order valence-electron chi connectivity index (χ3n) is 3.59. The second-order valence-corrected chi connectivity index (χ2v) is 8.77. The van der Waals surface area contributed by atoms with Crippen LogP contribution in [0, 0.1) is 0 Å². The van der Waals surface area contributed by atoms with E-state index >= 15 is 0 Å². The number of benzene rings is 1. The predicted octanol–water partition coefficient (Wildman–Crippen LogP) is 3.73. The number of sulfonamides is 1. The third kappa shape index (κ3) is 7.24. The molecule has 146 valence electrons. The lowest BCUT2D eigenvalue weighted by Gasteiger charge is -2.10. The van der Waals surface area contributed by atoms with Gasteiger partial charge in [0.1, 0.15) is 0 Å². The van der Waals surface area contributed by atoms with Crippen molar-refractivity contribution in [1.29, 1.82) is 0 Å². The van der Waals surface area contributed by atoms with Crippen LogP contribution in [0.3, 0.4) is 0 Å². The van der Waals surface area contributed by atoms with Crippen molar-refractivity contribution < 1.29 is 13.2 Å². The number of thiocarbonyl (C=S) groups is 1. The fourth-order valence-electron chi connectivity index (χ4n) is 2.23. The molecule has 0 spiro atoms. The topological polar surface area (TPSA) is 100 Å². The molecule has 0 aliphatic carbocycles. The number of unbranched alkanes of at least 4 members (excludes halogenated alkanes) is 3. The number of hydrogen-bond acceptors (Lipinski definition) is 6. The summed E-state index contributed by atoms with van der Waals surface area (Å²) in [6.45, 7) is 2.12. The van der Waals surface area contributed by atoms with E-state index in [-0.39, 0.29) is 15.9 Å². The van der Waals surface area contributed by atoms with E-state index in [9.17, 15) is 13.2 Å². The van der Waals surface area contributed by atoms with Crippen LogP contribution < -0.4 is 15.4 Å². The molecule has 0 aliphatic heterocycles. The van der Waals surface area contributed by atoms with E-state index in [0.29, 0.717) is 17.2 Å². The monoisotopic (exact) mass is 426 g/mol. The lowest BCUT2D eigenvalue weighted by Crippen LogP contribution is -2.33. The second-order valence-electron chi connectivity index (χ2n) is 5.78. The molecule has 27 heavy (non-hydrogen) atoms. The number of hydrogen-bond donors (Lipinski definition) is 3. The second kappa shape index (κ2) is 10.3. The smallest absolute Gasteiger partial charge is 0.263 e. The Labute approximate surface area is 168 Å². The highest BCUT2D eigenvalue weighted by atomic mass is 32.2. The number of nitrogens with one attached hydrogen (secondary N) is 3. The molecule has 0 unspecified atom stereocenters. The summed E-state index contributed by atoms with van der Waals surface area (Å²) in [5.74, 6) is -0.129. The van der Waals surface area contributed by atoms with E-state index in [1.807, 2.05) is 0 Å². The van der Waals surface area contributed by atoms with Crippen molar-refractivity contribution in [3.05, 3.63) is 35.8 Å². The van der Waals surface area contributed by atoms with E-state index in [4.69, 9.17) is 12.2 Å². The first kappa shape index (κ1) is 21.3. The molecule has 0 radical (unpaired) electrons. The van der Waals surface area contributed by atoms with Gasteiger partial charge in [-0.3, -0.25) is 9.52 Å². The van der Waals surface area contributed by atoms with Crippen LogP contribution in [0.5, 0.6) is 0 Å². The first-order chi connectivity index (χ1) is 12.9. The lowest BCUT2D eigenvalue weighted by molar-refractivity contribution is -0.119. The van der Waals surface area contributed by atoms with Crippen LogP contribution in [0.15, 0.2) is 40.7 Å². The van der Waals surface area contributed by atoms with Gasteiger partial charge in [-0.15, -0.1) is 11.3 Å². The molecular formula is C17H22N4O3S3. The van der Waals surface area contributed by atoms with Crippen LogP contribution in [0.1, 0.15) is 39.0 Å². The van der Waals surface area contributed by atoms with E-state index in [0.717, 1.165) is 25.7 Å². The van der Waals surface area contributed by atoms with E-state index in [1.165, 1.54) is 29.7 Å². The summed E-state index contributed by atoms with van der Waals surface area (Å²) in [7, 11) is -3.70. The van der Waals surface area contributed by atoms with Gasteiger partial charge in [-0.05, 0) is 42.9 Å². The summed E-state index contributed by atoms with van der Waals surface area (Å²) in [6.07, 6.45) is 6.04. The Morgan fingerprint density at radius 3 is 2.56 bits per heavy atom. The van der Waals surface area contributed by atoms with Gasteiger partial charge in [0.25, 0.3) is 10.0 Å². The lowest BCUT2D eigenvalue weighted by atomic mass is 10.1. The van der Waals surface area contributed by atoms with Crippen LogP contribution in [0.25, 0.3) is 0 Å². The van der Waals surface area contributed by atoms with Gasteiger partial charge in [0, 0.05) is 23.7 Å². The Kier molecular flexibility index (Phi) is 8.14. The van der Waals surface area contributed by atoms with Crippen LogP contribution >= 0.6 is 23.6 Å². The van der Waals surface area contributed by atoms with Gasteiger partial charge in [-0.2, -0.15) is 0 Å². The van der Waals surface area contributed by atoms with Crippen LogP contribution in [-0.2, 0) is 14.8 Å². The summed E-state index contributed by atoms with van der Waals surface area (Å²) in [5.41, 5.74) is 0.583. The molecule has 1 amide bonds. The molecule has 0 aliphatic rings. The molecule has 1 aromatic heterocycles. The van der Waals surface area contributed by atoms with Crippen molar-refractivity contribution in [3.8, 4) is 0 Å². The quantitative estimate of drug-likeness (QED) is 0.417. The number of carbonyl (C=O) groups is 1. The fourth-order valence-corrected chi connectivity index (χ4v) is 4.25. The molecule has 1 heterocycles. The normalized spacial score (nSPS) is 11.0. The van der Waals surface area contributed by atoms with E-state index < -0.39 is 10.0 Å². The van der Waals surface area contributed by atoms with Crippen molar-refractivity contribution in [2.24, 2.45) is 0 Å². The van der Waals surface area contributed by atoms with Crippen LogP contribution in [0.4, 0.5) is 10.8 Å². The molecule has 0 saturated carbocycles. The molecule has 0 bridgehead atoms. The molecule has 1 aromatic carbocycles. The average molecular weight is 427 g/mol. The summed E-state index contributed by atoms with van der Waals surface area (Å²) in [5, 5.41) is 7.67. The zero-order valence-electron chi connectivity index (χ0n) is 14.9. The largest absolute Gasteiger partial charge is 0.332 e. The predicted molar refractivity (Wildman–Crippen MR) is 112 cm³/mol. The molecule has 10 heteroatoms. The van der Waals surface area contributed by atoms with Crippen molar-refractivity contribution in [1.82, 2.24) is 10.3 Å². The first-order valence-corrected chi connectivity index (χ1v) is 11.3. The molecule has 2 aromatic rings. The first-order valence-electron chi connectivity index (χ1n) is 8.54. The van der Waals surface area contributed by atoms with Gasteiger partial charge in [-0.25, -0.2) is 13.4 Å². The number of carbonyl (C=O) groups excluding carboxylic acids is 1. The number of rotatable bonds is 9. The molecule has 7 nitrogen and oxygen atoms in total. The van der Waals surface area contributed by atoms with E-state index in [1.54, 1.807) is 17.5 Å². The summed E-state index contributed by atoms with van der Waals surface area (Å²) in [4.78, 5) is 15.8. The summed E-state index contributed by atoms with van der Waals surface area (Å²) >= 11 is 6.32. The Hall–Kier alpha value is -2.04. The third-order valence-corrected chi connectivity index (χ3v) is 5.96. The number of thiazole rings is 1. The Balaban J connectivity index is 1.86. The SMILES string of the molecule is CCCCCCC(=O)NC(=S)Nc1ccc(S(=O)(=O)Nc2nccs2)cc1. The number of nitrogens with zero attached hydrogens (tertiary/aromatic N) is 1. The van der Waals surface area contributed by atoms with Gasteiger partial charge in [0.2, 0.25) is 5.91 Å². The van der Waals surface area contributed by atoms with Crippen molar-refractivity contribution in [3.63, 3.8) is 0 Å². The standard InChI is InChI=1S/C17H22N4O3S3/c1-2-3-4-5-6-15(22)20-16(25)19-13-7-9-14(10-8-13)27(23,24)21-17-18-11-12-26-17/h7-12H,2-6H2,1H3,(H,18,21)(H2,19,20,22,25).